The van der Waals surface area contributed by atoms with Crippen LogP contribution in [0.4, 0.5) is 0 Å². The summed E-state index contributed by atoms with van der Waals surface area (Å²) in [6.07, 6.45) is 3.65. The van der Waals surface area contributed by atoms with E-state index in [1.807, 2.05) is 30.3 Å². The quantitative estimate of drug-likeness (QED) is 0.589. The van der Waals surface area contributed by atoms with Crippen LogP contribution in [0.3, 0.4) is 0 Å². The van der Waals surface area contributed by atoms with Crippen LogP contribution >= 0.6 is 0 Å². The number of nitrogens with one attached hydrogen (secondary N) is 1. The first-order valence-corrected chi connectivity index (χ1v) is 12.3. The van der Waals surface area contributed by atoms with Crippen LogP contribution in [-0.2, 0) is 4.79 Å². The number of aliphatic hydroxyl groups excluding tert-OH is 2. The summed E-state index contributed by atoms with van der Waals surface area (Å²) in [4.78, 5) is 34.9. The second kappa shape index (κ2) is 10.8. The van der Waals surface area contributed by atoms with Gasteiger partial charge in [-0.25, -0.2) is 0 Å². The van der Waals surface area contributed by atoms with Gasteiger partial charge in [-0.2, -0.15) is 0 Å². The van der Waals surface area contributed by atoms with Crippen LogP contribution in [0.1, 0.15) is 48.9 Å². The van der Waals surface area contributed by atoms with Crippen LogP contribution in [0.2, 0.25) is 0 Å². The lowest BCUT2D eigenvalue weighted by Crippen LogP contribution is -2.50. The molecular weight excluding hydrogens is 432 g/mol. The predicted molar refractivity (Wildman–Crippen MR) is 130 cm³/mol. The normalized spacial score (nSPS) is 25.3. The fourth-order valence-electron chi connectivity index (χ4n) is 5.09. The Hall–Kier alpha value is -2.55. The molecule has 2 aromatic rings. The second-order valence-corrected chi connectivity index (χ2v) is 9.88. The van der Waals surface area contributed by atoms with E-state index < -0.39 is 17.6 Å². The Morgan fingerprint density at radius 2 is 1.82 bits per heavy atom. The van der Waals surface area contributed by atoms with E-state index in [4.69, 9.17) is 0 Å². The zero-order valence-electron chi connectivity index (χ0n) is 19.9. The third-order valence-electron chi connectivity index (χ3n) is 7.49. The molecule has 4 rings (SSSR count). The van der Waals surface area contributed by atoms with E-state index in [1.165, 1.54) is 0 Å². The number of amides is 2. The Balaban J connectivity index is 1.51. The number of fused-ring (bicyclic) bond motifs is 1. The van der Waals surface area contributed by atoms with E-state index in [2.05, 4.69) is 22.2 Å². The average molecular weight is 469 g/mol. The van der Waals surface area contributed by atoms with Crippen molar-refractivity contribution < 1.29 is 19.8 Å². The zero-order chi connectivity index (χ0) is 24.1. The van der Waals surface area contributed by atoms with Gasteiger partial charge in [0.05, 0.1) is 28.7 Å². The summed E-state index contributed by atoms with van der Waals surface area (Å²) in [5.74, 6) is -0.153. The van der Waals surface area contributed by atoms with Gasteiger partial charge in [-0.1, -0.05) is 24.6 Å². The first-order chi connectivity index (χ1) is 16.4. The molecule has 8 nitrogen and oxygen atoms in total. The minimum absolute atomic E-state index is 0.0140. The lowest BCUT2D eigenvalue weighted by atomic mass is 9.73. The molecule has 0 unspecified atom stereocenters. The van der Waals surface area contributed by atoms with E-state index in [1.54, 1.807) is 11.1 Å². The minimum atomic E-state index is -1.08. The van der Waals surface area contributed by atoms with Crippen LogP contribution in [0.5, 0.6) is 0 Å². The van der Waals surface area contributed by atoms with Crippen LogP contribution < -0.4 is 5.32 Å². The van der Waals surface area contributed by atoms with Gasteiger partial charge < -0.3 is 25.3 Å². The van der Waals surface area contributed by atoms with E-state index in [0.29, 0.717) is 18.7 Å². The van der Waals surface area contributed by atoms with Gasteiger partial charge in [-0.05, 0) is 64.4 Å². The van der Waals surface area contributed by atoms with Crippen LogP contribution in [-0.4, -0.2) is 88.8 Å². The van der Waals surface area contributed by atoms with E-state index in [-0.39, 0.29) is 24.8 Å². The largest absolute Gasteiger partial charge is 0.390 e. The second-order valence-electron chi connectivity index (χ2n) is 9.88. The molecule has 3 heterocycles. The van der Waals surface area contributed by atoms with Crippen LogP contribution in [0.25, 0.3) is 10.9 Å². The molecule has 1 aromatic carbocycles. The van der Waals surface area contributed by atoms with Crippen molar-refractivity contribution in [2.45, 2.75) is 50.7 Å². The molecule has 0 saturated carbocycles. The number of β-amino-alcohol motifs (C(OH)–C–C–N with tert-alkyl or cyclic N) is 1. The highest BCUT2D eigenvalue weighted by Gasteiger charge is 2.40. The molecule has 1 spiro atoms. The molecule has 2 aliphatic heterocycles. The topological polar surface area (TPSA) is 106 Å². The SMILES string of the molecule is CN1CCC2(CCCCN(C(=O)c3cnc4ccccc4c3)CC[C@H](O)[C@H](O)CNC2=O)CC1. The standard InChI is InChI=1S/C26H36N4O4/c1-29-14-10-26(11-15-29)9-4-5-12-30(13-8-22(31)23(32)18-28-25(26)34)24(33)20-16-19-6-2-3-7-21(19)27-17-20/h2-3,6-7,16-17,22-23,31-32H,4-5,8-15,18H2,1H3,(H,28,34)/t22-,23+/m0/s1. The monoisotopic (exact) mass is 468 g/mol. The molecule has 34 heavy (non-hydrogen) atoms. The van der Waals surface area contributed by atoms with Gasteiger partial charge in [0.2, 0.25) is 5.91 Å². The predicted octanol–water partition coefficient (Wildman–Crippen LogP) is 1.80. The molecule has 2 fully saturated rings. The number of nitrogens with zero attached hydrogens (tertiary/aromatic N) is 3. The van der Waals surface area contributed by atoms with Crippen molar-refractivity contribution in [3.8, 4) is 0 Å². The number of aromatic nitrogens is 1. The summed E-state index contributed by atoms with van der Waals surface area (Å²) in [7, 11) is 2.07. The van der Waals surface area contributed by atoms with Gasteiger partial charge in [0, 0.05) is 31.2 Å². The van der Waals surface area contributed by atoms with E-state index in [9.17, 15) is 19.8 Å². The van der Waals surface area contributed by atoms with Gasteiger partial charge in [-0.15, -0.1) is 0 Å². The maximum atomic E-state index is 13.4. The highest BCUT2D eigenvalue weighted by molar-refractivity contribution is 5.97. The lowest BCUT2D eigenvalue weighted by molar-refractivity contribution is -0.135. The molecule has 184 valence electrons. The maximum absolute atomic E-state index is 13.4. The molecule has 3 N–H and O–H groups in total. The number of pyridine rings is 1. The van der Waals surface area contributed by atoms with E-state index >= 15 is 0 Å². The molecule has 2 saturated heterocycles. The van der Waals surface area contributed by atoms with Crippen LogP contribution in [0.15, 0.2) is 36.5 Å². The fraction of sp³-hybridized carbons (Fsp3) is 0.577. The van der Waals surface area contributed by atoms with E-state index in [0.717, 1.165) is 56.1 Å². The Bertz CT molecular complexity index is 1010. The first kappa shape index (κ1) is 24.6. The molecule has 0 aliphatic carbocycles. The maximum Gasteiger partial charge on any atom is 0.255 e. The molecule has 1 aromatic heterocycles. The highest BCUT2D eigenvalue weighted by Crippen LogP contribution is 2.37. The summed E-state index contributed by atoms with van der Waals surface area (Å²) in [6, 6.07) is 9.54. The Labute approximate surface area is 201 Å². The number of hydrogen-bond acceptors (Lipinski definition) is 6. The van der Waals surface area contributed by atoms with Crippen molar-refractivity contribution in [3.63, 3.8) is 0 Å². The number of aliphatic hydroxyl groups is 2. The molecule has 2 aliphatic rings. The molecule has 8 heteroatoms. The number of carbonyl (C=O) groups is 2. The van der Waals surface area contributed by atoms with Crippen molar-refractivity contribution >= 4 is 22.7 Å². The molecular formula is C26H36N4O4. The third kappa shape index (κ3) is 5.56. The molecule has 0 radical (unpaired) electrons. The highest BCUT2D eigenvalue weighted by atomic mass is 16.3. The van der Waals surface area contributed by atoms with Crippen molar-refractivity contribution in [2.75, 3.05) is 39.8 Å². The summed E-state index contributed by atoms with van der Waals surface area (Å²) in [6.45, 7) is 2.59. The lowest BCUT2D eigenvalue weighted by Gasteiger charge is -2.39. The number of benzene rings is 1. The summed E-state index contributed by atoms with van der Waals surface area (Å²) >= 11 is 0. The van der Waals surface area contributed by atoms with Gasteiger partial charge in [0.25, 0.3) is 5.91 Å². The van der Waals surface area contributed by atoms with Crippen molar-refractivity contribution in [2.24, 2.45) is 5.41 Å². The average Bonchev–Trinajstić information content (AvgIpc) is 2.87. The minimum Gasteiger partial charge on any atom is -0.390 e. The Morgan fingerprint density at radius 1 is 1.06 bits per heavy atom. The molecule has 0 bridgehead atoms. The smallest absolute Gasteiger partial charge is 0.255 e. The van der Waals surface area contributed by atoms with Gasteiger partial charge >= 0.3 is 0 Å². The summed E-state index contributed by atoms with van der Waals surface area (Å²) in [5, 5.41) is 24.8. The fourth-order valence-corrected chi connectivity index (χ4v) is 5.09. The number of carbonyl (C=O) groups excluding carboxylic acids is 2. The first-order valence-electron chi connectivity index (χ1n) is 12.3. The number of piperidine rings is 1. The van der Waals surface area contributed by atoms with Crippen molar-refractivity contribution in [1.82, 2.24) is 20.1 Å². The number of para-hydroxylation sites is 1. The number of hydrogen-bond donors (Lipinski definition) is 3. The Morgan fingerprint density at radius 3 is 2.62 bits per heavy atom. The number of likely N-dealkylation sites (tertiary alicyclic amines) is 1. The van der Waals surface area contributed by atoms with Gasteiger partial charge in [-0.3, -0.25) is 14.6 Å². The molecule has 2 atom stereocenters. The third-order valence-corrected chi connectivity index (χ3v) is 7.49. The van der Waals surface area contributed by atoms with Gasteiger partial charge in [0.15, 0.2) is 0 Å². The van der Waals surface area contributed by atoms with Gasteiger partial charge in [0.1, 0.15) is 0 Å². The van der Waals surface area contributed by atoms with Crippen LogP contribution in [0, 0.1) is 5.41 Å². The van der Waals surface area contributed by atoms with Crippen molar-refractivity contribution in [3.05, 3.63) is 42.1 Å². The zero-order valence-corrected chi connectivity index (χ0v) is 19.9. The Kier molecular flexibility index (Phi) is 7.80. The molecule has 2 amide bonds. The van der Waals surface area contributed by atoms with Crippen molar-refractivity contribution in [1.29, 1.82) is 0 Å². The summed E-state index contributed by atoms with van der Waals surface area (Å²) in [5.41, 5.74) is 0.896. The summed E-state index contributed by atoms with van der Waals surface area (Å²) < 4.78 is 0. The number of rotatable bonds is 1.